The van der Waals surface area contributed by atoms with Gasteiger partial charge in [-0.3, -0.25) is 0 Å². The fourth-order valence-corrected chi connectivity index (χ4v) is 2.61. The first-order valence-electron chi connectivity index (χ1n) is 6.81. The molecule has 1 aliphatic rings. The Morgan fingerprint density at radius 3 is 3.00 bits per heavy atom. The standard InChI is InChI=1S/C13H23N3O2/c1-4-6-13(7-5-8-14-13)12-15-11(16-18-12)9-10(2)17-3/h10,14H,4-9H2,1-3H3. The first-order valence-corrected chi connectivity index (χ1v) is 6.81. The van der Waals surface area contributed by atoms with Gasteiger partial charge in [0.1, 0.15) is 0 Å². The van der Waals surface area contributed by atoms with E-state index in [2.05, 4.69) is 22.4 Å². The molecular formula is C13H23N3O2. The van der Waals surface area contributed by atoms with Crippen LogP contribution in [-0.2, 0) is 16.7 Å². The van der Waals surface area contributed by atoms with E-state index in [1.807, 2.05) is 6.92 Å². The Hall–Kier alpha value is -0.940. The third-order valence-corrected chi connectivity index (χ3v) is 3.67. The fraction of sp³-hybridized carbons (Fsp3) is 0.846. The minimum Gasteiger partial charge on any atom is -0.381 e. The summed E-state index contributed by atoms with van der Waals surface area (Å²) in [5.74, 6) is 1.49. The second kappa shape index (κ2) is 5.80. The average Bonchev–Trinajstić information content (AvgIpc) is 2.99. The van der Waals surface area contributed by atoms with Gasteiger partial charge >= 0.3 is 0 Å². The van der Waals surface area contributed by atoms with Crippen molar-refractivity contribution in [2.24, 2.45) is 0 Å². The van der Waals surface area contributed by atoms with Gasteiger partial charge in [0, 0.05) is 13.5 Å². The number of nitrogens with zero attached hydrogens (tertiary/aromatic N) is 2. The normalized spacial score (nSPS) is 25.5. The minimum atomic E-state index is -0.0870. The lowest BCUT2D eigenvalue weighted by atomic mass is 9.92. The van der Waals surface area contributed by atoms with Gasteiger partial charge in [-0.25, -0.2) is 0 Å². The molecule has 1 aromatic heterocycles. The second-order valence-electron chi connectivity index (χ2n) is 5.13. The zero-order valence-electron chi connectivity index (χ0n) is 11.5. The Balaban J connectivity index is 2.12. The summed E-state index contributed by atoms with van der Waals surface area (Å²) in [6.45, 7) is 5.23. The monoisotopic (exact) mass is 253 g/mol. The third kappa shape index (κ3) is 2.72. The molecule has 0 saturated carbocycles. The number of methoxy groups -OCH3 is 1. The number of nitrogens with one attached hydrogen (secondary N) is 1. The summed E-state index contributed by atoms with van der Waals surface area (Å²) in [5.41, 5.74) is -0.0870. The molecule has 2 atom stereocenters. The summed E-state index contributed by atoms with van der Waals surface area (Å²) in [4.78, 5) is 4.55. The second-order valence-corrected chi connectivity index (χ2v) is 5.13. The molecule has 2 rings (SSSR count). The van der Waals surface area contributed by atoms with Crippen molar-refractivity contribution in [3.05, 3.63) is 11.7 Å². The number of rotatable bonds is 6. The van der Waals surface area contributed by atoms with Crippen LogP contribution in [0.2, 0.25) is 0 Å². The van der Waals surface area contributed by atoms with E-state index in [4.69, 9.17) is 9.26 Å². The van der Waals surface area contributed by atoms with Crippen molar-refractivity contribution in [1.82, 2.24) is 15.5 Å². The number of hydrogen-bond donors (Lipinski definition) is 1. The van der Waals surface area contributed by atoms with E-state index >= 15 is 0 Å². The number of hydrogen-bond acceptors (Lipinski definition) is 5. The maximum Gasteiger partial charge on any atom is 0.246 e. The molecule has 1 fully saturated rings. The summed E-state index contributed by atoms with van der Waals surface area (Å²) >= 11 is 0. The largest absolute Gasteiger partial charge is 0.381 e. The van der Waals surface area contributed by atoms with Crippen LogP contribution in [-0.4, -0.2) is 29.9 Å². The highest BCUT2D eigenvalue weighted by Gasteiger charge is 2.39. The Morgan fingerprint density at radius 2 is 2.39 bits per heavy atom. The van der Waals surface area contributed by atoms with Crippen LogP contribution in [0.4, 0.5) is 0 Å². The zero-order chi connectivity index (χ0) is 13.0. The molecule has 1 aromatic rings. The molecule has 1 saturated heterocycles. The van der Waals surface area contributed by atoms with Gasteiger partial charge in [0.25, 0.3) is 0 Å². The molecule has 102 valence electrons. The predicted molar refractivity (Wildman–Crippen MR) is 68.3 cm³/mol. The van der Waals surface area contributed by atoms with Crippen molar-refractivity contribution in [3.63, 3.8) is 0 Å². The fourth-order valence-electron chi connectivity index (χ4n) is 2.61. The quantitative estimate of drug-likeness (QED) is 0.840. The topological polar surface area (TPSA) is 60.2 Å². The summed E-state index contributed by atoms with van der Waals surface area (Å²) in [6, 6.07) is 0. The van der Waals surface area contributed by atoms with E-state index in [0.29, 0.717) is 6.42 Å². The molecule has 0 bridgehead atoms. The lowest BCUT2D eigenvalue weighted by Crippen LogP contribution is -2.37. The van der Waals surface area contributed by atoms with E-state index in [9.17, 15) is 0 Å². The van der Waals surface area contributed by atoms with Crippen LogP contribution in [0.1, 0.15) is 51.2 Å². The van der Waals surface area contributed by atoms with Crippen molar-refractivity contribution < 1.29 is 9.26 Å². The first kappa shape index (κ1) is 13.5. The highest BCUT2D eigenvalue weighted by molar-refractivity contribution is 5.07. The molecule has 18 heavy (non-hydrogen) atoms. The lowest BCUT2D eigenvalue weighted by Gasteiger charge is -2.24. The van der Waals surface area contributed by atoms with Gasteiger partial charge in [0.2, 0.25) is 5.89 Å². The highest BCUT2D eigenvalue weighted by Crippen LogP contribution is 2.34. The van der Waals surface area contributed by atoms with Gasteiger partial charge < -0.3 is 14.6 Å². The lowest BCUT2D eigenvalue weighted by molar-refractivity contribution is 0.116. The van der Waals surface area contributed by atoms with Gasteiger partial charge in [0.15, 0.2) is 5.82 Å². The van der Waals surface area contributed by atoms with Crippen LogP contribution in [0.15, 0.2) is 4.52 Å². The molecule has 0 amide bonds. The van der Waals surface area contributed by atoms with Crippen LogP contribution in [0.25, 0.3) is 0 Å². The summed E-state index contributed by atoms with van der Waals surface area (Å²) in [6.07, 6.45) is 5.23. The molecule has 5 nitrogen and oxygen atoms in total. The molecule has 0 aromatic carbocycles. The Kier molecular flexibility index (Phi) is 4.35. The van der Waals surface area contributed by atoms with Crippen LogP contribution >= 0.6 is 0 Å². The van der Waals surface area contributed by atoms with Crippen molar-refractivity contribution in [2.75, 3.05) is 13.7 Å². The maximum absolute atomic E-state index is 5.47. The van der Waals surface area contributed by atoms with Gasteiger partial charge in [0.05, 0.1) is 11.6 Å². The Morgan fingerprint density at radius 1 is 1.56 bits per heavy atom. The van der Waals surface area contributed by atoms with Crippen molar-refractivity contribution in [2.45, 2.75) is 57.6 Å². The van der Waals surface area contributed by atoms with E-state index in [-0.39, 0.29) is 11.6 Å². The van der Waals surface area contributed by atoms with Crippen LogP contribution < -0.4 is 5.32 Å². The molecule has 1 aliphatic heterocycles. The van der Waals surface area contributed by atoms with E-state index in [0.717, 1.165) is 37.5 Å². The van der Waals surface area contributed by atoms with Crippen molar-refractivity contribution in [1.29, 1.82) is 0 Å². The first-order chi connectivity index (χ1) is 8.70. The van der Waals surface area contributed by atoms with Crippen LogP contribution in [0.5, 0.6) is 0 Å². The predicted octanol–water partition coefficient (Wildman–Crippen LogP) is 2.03. The Bertz CT molecular complexity index is 372. The van der Waals surface area contributed by atoms with E-state index in [1.54, 1.807) is 7.11 Å². The average molecular weight is 253 g/mol. The maximum atomic E-state index is 5.47. The van der Waals surface area contributed by atoms with E-state index < -0.39 is 0 Å². The molecule has 1 N–H and O–H groups in total. The van der Waals surface area contributed by atoms with E-state index in [1.165, 1.54) is 6.42 Å². The molecule has 0 spiro atoms. The SMILES string of the molecule is CCCC1(c2nc(CC(C)OC)no2)CCCN1. The van der Waals surface area contributed by atoms with Gasteiger partial charge in [-0.1, -0.05) is 18.5 Å². The van der Waals surface area contributed by atoms with Crippen LogP contribution in [0, 0.1) is 0 Å². The minimum absolute atomic E-state index is 0.0870. The highest BCUT2D eigenvalue weighted by atomic mass is 16.5. The van der Waals surface area contributed by atoms with Crippen molar-refractivity contribution >= 4 is 0 Å². The van der Waals surface area contributed by atoms with Gasteiger partial charge in [-0.15, -0.1) is 0 Å². The molecule has 0 radical (unpaired) electrons. The summed E-state index contributed by atoms with van der Waals surface area (Å²) in [7, 11) is 1.70. The van der Waals surface area contributed by atoms with Crippen LogP contribution in [0.3, 0.4) is 0 Å². The molecule has 2 unspecified atom stereocenters. The van der Waals surface area contributed by atoms with Gasteiger partial charge in [-0.2, -0.15) is 4.98 Å². The molecule has 2 heterocycles. The molecule has 5 heteroatoms. The summed E-state index contributed by atoms with van der Waals surface area (Å²) in [5, 5.41) is 7.61. The number of ether oxygens (including phenoxy) is 1. The number of aromatic nitrogens is 2. The zero-order valence-corrected chi connectivity index (χ0v) is 11.5. The Labute approximate surface area is 108 Å². The smallest absolute Gasteiger partial charge is 0.246 e. The molecule has 0 aliphatic carbocycles. The third-order valence-electron chi connectivity index (χ3n) is 3.67. The summed E-state index contributed by atoms with van der Waals surface area (Å²) < 4.78 is 10.7. The molecular weight excluding hydrogens is 230 g/mol. The van der Waals surface area contributed by atoms with Crippen molar-refractivity contribution in [3.8, 4) is 0 Å². The van der Waals surface area contributed by atoms with Gasteiger partial charge in [-0.05, 0) is 32.7 Å².